The van der Waals surface area contributed by atoms with E-state index in [2.05, 4.69) is 0 Å². The van der Waals surface area contributed by atoms with E-state index in [4.69, 9.17) is 17.3 Å². The maximum absolute atomic E-state index is 13.0. The van der Waals surface area contributed by atoms with Crippen LogP contribution in [0.1, 0.15) is 28.8 Å². The molecule has 0 radical (unpaired) electrons. The molecule has 28 heavy (non-hydrogen) atoms. The van der Waals surface area contributed by atoms with Gasteiger partial charge in [0.05, 0.1) is 5.56 Å². The maximum atomic E-state index is 13.0. The Labute approximate surface area is 163 Å². The zero-order valence-electron chi connectivity index (χ0n) is 14.4. The fraction of sp³-hybridized carbons (Fsp3) is 0.316. The maximum Gasteiger partial charge on any atom is 0.255 e. The van der Waals surface area contributed by atoms with Crippen molar-refractivity contribution in [2.75, 3.05) is 0 Å². The zero-order chi connectivity index (χ0) is 20.5. The number of halogens is 1. The van der Waals surface area contributed by atoms with E-state index in [1.807, 2.05) is 0 Å². The lowest BCUT2D eigenvalue weighted by Crippen LogP contribution is -2.57. The van der Waals surface area contributed by atoms with Gasteiger partial charge in [0, 0.05) is 22.9 Å². The molecule has 6 N–H and O–H groups in total. The Morgan fingerprint density at radius 1 is 1.18 bits per heavy atom. The Bertz CT molecular complexity index is 1040. The summed E-state index contributed by atoms with van der Waals surface area (Å²) < 4.78 is 0. The molecule has 0 bridgehead atoms. The van der Waals surface area contributed by atoms with Gasteiger partial charge in [0.1, 0.15) is 22.8 Å². The average molecular weight is 406 g/mol. The van der Waals surface area contributed by atoms with Crippen molar-refractivity contribution >= 4 is 29.1 Å². The Balaban J connectivity index is 1.93. The van der Waals surface area contributed by atoms with Gasteiger partial charge in [-0.25, -0.2) is 0 Å². The fourth-order valence-electron chi connectivity index (χ4n) is 4.58. The van der Waals surface area contributed by atoms with E-state index in [9.17, 15) is 34.8 Å². The van der Waals surface area contributed by atoms with Gasteiger partial charge in [-0.1, -0.05) is 11.6 Å². The SMILES string of the molecule is NC(=O)C1=C(O)C[C@@H]2C[C@@H]3Cc4c(Cl)ccc(O)c4C(=O)C3=C(O)[C@]2(O)C1=O. The quantitative estimate of drug-likeness (QED) is 0.439. The molecule has 1 amide bonds. The molecule has 0 unspecified atom stereocenters. The predicted octanol–water partition coefficient (Wildman–Crippen LogP) is 1.23. The van der Waals surface area contributed by atoms with Crippen molar-refractivity contribution in [1.29, 1.82) is 0 Å². The van der Waals surface area contributed by atoms with E-state index < -0.39 is 52.0 Å². The molecule has 3 atom stereocenters. The number of nitrogens with two attached hydrogens (primary N) is 1. The van der Waals surface area contributed by atoms with Crippen LogP contribution >= 0.6 is 11.6 Å². The van der Waals surface area contributed by atoms with Crippen LogP contribution in [0, 0.1) is 11.8 Å². The number of carbonyl (C=O) groups excluding carboxylic acids is 3. The molecule has 1 aromatic carbocycles. The van der Waals surface area contributed by atoms with Gasteiger partial charge in [-0.3, -0.25) is 14.4 Å². The second-order valence-electron chi connectivity index (χ2n) is 7.33. The number of hydrogen-bond donors (Lipinski definition) is 5. The molecule has 146 valence electrons. The lowest BCUT2D eigenvalue weighted by Gasteiger charge is -2.45. The predicted molar refractivity (Wildman–Crippen MR) is 95.8 cm³/mol. The highest BCUT2D eigenvalue weighted by atomic mass is 35.5. The summed E-state index contributed by atoms with van der Waals surface area (Å²) in [5, 5.41) is 42.3. The number of carbonyl (C=O) groups is 3. The summed E-state index contributed by atoms with van der Waals surface area (Å²) in [4.78, 5) is 37.3. The van der Waals surface area contributed by atoms with Crippen molar-refractivity contribution in [1.82, 2.24) is 0 Å². The van der Waals surface area contributed by atoms with Crippen LogP contribution < -0.4 is 5.73 Å². The molecule has 1 aromatic rings. The minimum absolute atomic E-state index is 0.0783. The first-order valence-corrected chi connectivity index (χ1v) is 8.94. The molecule has 4 rings (SSSR count). The number of rotatable bonds is 1. The molecule has 0 heterocycles. The number of amides is 1. The molecule has 0 fully saturated rings. The molecule has 3 aliphatic rings. The minimum Gasteiger partial charge on any atom is -0.511 e. The van der Waals surface area contributed by atoms with Crippen molar-refractivity contribution in [2.45, 2.75) is 24.9 Å². The number of aromatic hydroxyl groups is 1. The standard InChI is InChI=1S/C19H16ClNO7/c20-9-1-2-10(22)13-8(9)4-6-3-7-5-11(23)14(18(21)27)17(26)19(7,28)16(25)12(6)15(13)24/h1-2,6-7,22-23,25,28H,3-5H2,(H2,21,27)/t6-,7+,19+/m1/s1. The summed E-state index contributed by atoms with van der Waals surface area (Å²) in [6.45, 7) is 0. The molecule has 0 saturated heterocycles. The van der Waals surface area contributed by atoms with Gasteiger partial charge < -0.3 is 26.2 Å². The molecular weight excluding hydrogens is 390 g/mol. The molecule has 3 aliphatic carbocycles. The summed E-state index contributed by atoms with van der Waals surface area (Å²) in [7, 11) is 0. The van der Waals surface area contributed by atoms with Gasteiger partial charge in [0.25, 0.3) is 5.91 Å². The highest BCUT2D eigenvalue weighted by Gasteiger charge is 2.59. The van der Waals surface area contributed by atoms with Crippen molar-refractivity contribution in [3.05, 3.63) is 50.9 Å². The first-order chi connectivity index (χ1) is 13.1. The number of ketones is 2. The molecule has 0 saturated carbocycles. The summed E-state index contributed by atoms with van der Waals surface area (Å²) in [5.41, 5.74) is 1.90. The monoisotopic (exact) mass is 405 g/mol. The van der Waals surface area contributed by atoms with E-state index >= 15 is 0 Å². The number of hydrogen-bond acceptors (Lipinski definition) is 7. The highest BCUT2D eigenvalue weighted by Crippen LogP contribution is 2.51. The summed E-state index contributed by atoms with van der Waals surface area (Å²) >= 11 is 6.17. The van der Waals surface area contributed by atoms with Crippen molar-refractivity contribution in [2.24, 2.45) is 17.6 Å². The number of fused-ring (bicyclic) bond motifs is 3. The number of Topliss-reactive ketones (excluding diaryl/α,β-unsaturated/α-hetero) is 2. The number of allylic oxidation sites excluding steroid dienone is 2. The average Bonchev–Trinajstić information content (AvgIpc) is 2.61. The lowest BCUT2D eigenvalue weighted by molar-refractivity contribution is -0.144. The normalized spacial score (nSPS) is 29.4. The van der Waals surface area contributed by atoms with Crippen LogP contribution in [0.5, 0.6) is 5.75 Å². The van der Waals surface area contributed by atoms with Crippen molar-refractivity contribution < 1.29 is 34.8 Å². The van der Waals surface area contributed by atoms with Crippen LogP contribution in [-0.2, 0) is 16.0 Å². The number of benzene rings is 1. The van der Waals surface area contributed by atoms with Crippen LogP contribution in [0.25, 0.3) is 0 Å². The third kappa shape index (κ3) is 2.18. The molecule has 0 spiro atoms. The molecule has 8 nitrogen and oxygen atoms in total. The topological polar surface area (TPSA) is 158 Å². The van der Waals surface area contributed by atoms with Crippen molar-refractivity contribution in [3.8, 4) is 5.75 Å². The number of primary amides is 1. The second-order valence-corrected chi connectivity index (χ2v) is 7.74. The summed E-state index contributed by atoms with van der Waals surface area (Å²) in [5.74, 6) is -6.53. The van der Waals surface area contributed by atoms with E-state index in [0.717, 1.165) is 0 Å². The van der Waals surface area contributed by atoms with Crippen LogP contribution in [0.2, 0.25) is 5.02 Å². The number of phenolic OH excluding ortho intramolecular Hbond substituents is 1. The van der Waals surface area contributed by atoms with Gasteiger partial charge in [0.15, 0.2) is 11.4 Å². The Hall–Kier alpha value is -2.84. The Morgan fingerprint density at radius 2 is 1.86 bits per heavy atom. The van der Waals surface area contributed by atoms with Gasteiger partial charge in [-0.15, -0.1) is 0 Å². The fourth-order valence-corrected chi connectivity index (χ4v) is 4.82. The molecule has 9 heteroatoms. The minimum atomic E-state index is -2.55. The van der Waals surface area contributed by atoms with E-state index in [-0.39, 0.29) is 41.2 Å². The smallest absolute Gasteiger partial charge is 0.255 e. The highest BCUT2D eigenvalue weighted by molar-refractivity contribution is 6.32. The van der Waals surface area contributed by atoms with Gasteiger partial charge in [-0.2, -0.15) is 0 Å². The lowest BCUT2D eigenvalue weighted by atomic mass is 9.60. The van der Waals surface area contributed by atoms with E-state index in [0.29, 0.717) is 5.56 Å². The number of phenols is 1. The first kappa shape index (κ1) is 18.5. The van der Waals surface area contributed by atoms with Crippen molar-refractivity contribution in [3.63, 3.8) is 0 Å². The third-order valence-electron chi connectivity index (χ3n) is 5.89. The second kappa shape index (κ2) is 5.83. The van der Waals surface area contributed by atoms with Gasteiger partial charge in [-0.05, 0) is 36.5 Å². The van der Waals surface area contributed by atoms with Crippen LogP contribution in [0.15, 0.2) is 34.8 Å². The third-order valence-corrected chi connectivity index (χ3v) is 6.24. The Kier molecular flexibility index (Phi) is 3.85. The zero-order valence-corrected chi connectivity index (χ0v) is 15.2. The van der Waals surface area contributed by atoms with Gasteiger partial charge in [0.2, 0.25) is 5.78 Å². The van der Waals surface area contributed by atoms with E-state index in [1.54, 1.807) is 0 Å². The summed E-state index contributed by atoms with van der Waals surface area (Å²) in [6.07, 6.45) is 0.0136. The summed E-state index contributed by atoms with van der Waals surface area (Å²) in [6, 6.07) is 2.70. The van der Waals surface area contributed by atoms with Crippen LogP contribution in [0.3, 0.4) is 0 Å². The van der Waals surface area contributed by atoms with E-state index in [1.165, 1.54) is 12.1 Å². The van der Waals surface area contributed by atoms with Crippen LogP contribution in [0.4, 0.5) is 0 Å². The number of aliphatic hydroxyl groups is 3. The molecule has 0 aliphatic heterocycles. The van der Waals surface area contributed by atoms with Crippen LogP contribution in [-0.4, -0.2) is 43.5 Å². The largest absolute Gasteiger partial charge is 0.511 e. The molecular formula is C19H16ClNO7. The van der Waals surface area contributed by atoms with Gasteiger partial charge >= 0.3 is 0 Å². The Morgan fingerprint density at radius 3 is 2.50 bits per heavy atom. The molecule has 0 aromatic heterocycles. The number of aliphatic hydroxyl groups excluding tert-OH is 2. The first-order valence-electron chi connectivity index (χ1n) is 8.56.